The fraction of sp³-hybridized carbons (Fsp3) is 0.200. The Labute approximate surface area is 145 Å². The monoisotopic (exact) mass is 338 g/mol. The third-order valence-corrected chi connectivity index (χ3v) is 3.38. The van der Waals surface area contributed by atoms with Crippen LogP contribution in [0.5, 0.6) is 11.5 Å². The summed E-state index contributed by atoms with van der Waals surface area (Å²) in [7, 11) is 0. The minimum absolute atomic E-state index is 0.143. The summed E-state index contributed by atoms with van der Waals surface area (Å²) in [4.78, 5) is 22.4. The van der Waals surface area contributed by atoms with Crippen LogP contribution in [0.1, 0.15) is 46.0 Å². The zero-order valence-corrected chi connectivity index (χ0v) is 13.8. The van der Waals surface area contributed by atoms with Crippen LogP contribution in [0.2, 0.25) is 0 Å². The molecule has 0 amide bonds. The molecule has 2 N–H and O–H groups in total. The number of rotatable bonds is 6. The van der Waals surface area contributed by atoms with Gasteiger partial charge in [0.15, 0.2) is 0 Å². The maximum atomic E-state index is 11.2. The predicted octanol–water partition coefficient (Wildman–Crippen LogP) is 4.22. The van der Waals surface area contributed by atoms with Gasteiger partial charge >= 0.3 is 11.9 Å². The molecule has 0 unspecified atom stereocenters. The molecule has 0 saturated carbocycles. The van der Waals surface area contributed by atoms with Gasteiger partial charge in [0.2, 0.25) is 0 Å². The predicted molar refractivity (Wildman–Crippen MR) is 93.3 cm³/mol. The van der Waals surface area contributed by atoms with Gasteiger partial charge < -0.3 is 14.9 Å². The van der Waals surface area contributed by atoms with Crippen LogP contribution in [0.25, 0.3) is 0 Å². The highest BCUT2D eigenvalue weighted by molar-refractivity contribution is 5.94. The van der Waals surface area contributed by atoms with Gasteiger partial charge in [-0.05, 0) is 30.7 Å². The van der Waals surface area contributed by atoms with Crippen molar-refractivity contribution in [1.82, 2.24) is 0 Å². The number of ether oxygens (including phenoxy) is 1. The first-order valence-electron chi connectivity index (χ1n) is 7.84. The first-order valence-corrected chi connectivity index (χ1v) is 7.84. The lowest BCUT2D eigenvalue weighted by molar-refractivity contribution is 0.0696. The molecule has 0 heterocycles. The van der Waals surface area contributed by atoms with E-state index in [9.17, 15) is 9.59 Å². The van der Waals surface area contributed by atoms with E-state index in [2.05, 4.69) is 18.8 Å². The normalized spacial score (nSPS) is 9.80. The quantitative estimate of drug-likeness (QED) is 0.770. The number of hydrogen-bond donors (Lipinski definition) is 2. The Morgan fingerprint density at radius 3 is 2.24 bits per heavy atom. The van der Waals surface area contributed by atoms with Crippen molar-refractivity contribution in [3.8, 4) is 23.3 Å². The molecule has 0 aliphatic heterocycles. The number of unbranched alkanes of at least 4 members (excludes halogenated alkanes) is 1. The second kappa shape index (κ2) is 8.55. The molecule has 0 saturated heterocycles. The van der Waals surface area contributed by atoms with Crippen molar-refractivity contribution in [1.29, 1.82) is 0 Å². The van der Waals surface area contributed by atoms with Gasteiger partial charge in [0.1, 0.15) is 11.5 Å². The molecular weight excluding hydrogens is 320 g/mol. The third kappa shape index (κ3) is 5.11. The molecule has 5 heteroatoms. The van der Waals surface area contributed by atoms with Gasteiger partial charge in [-0.1, -0.05) is 31.0 Å². The smallest absolute Gasteiger partial charge is 0.335 e. The first-order chi connectivity index (χ1) is 12.0. The highest BCUT2D eigenvalue weighted by atomic mass is 16.5. The molecule has 128 valence electrons. The SMILES string of the molecule is CCCC#CCc1ccccc1Oc1cc(C(=O)O)cc(C(=O)O)c1. The number of benzene rings is 2. The summed E-state index contributed by atoms with van der Waals surface area (Å²) in [5.74, 6) is 4.38. The van der Waals surface area contributed by atoms with E-state index in [0.717, 1.165) is 24.5 Å². The zero-order chi connectivity index (χ0) is 18.2. The lowest BCUT2D eigenvalue weighted by atomic mass is 10.1. The van der Waals surface area contributed by atoms with Crippen molar-refractivity contribution in [2.75, 3.05) is 0 Å². The fourth-order valence-electron chi connectivity index (χ4n) is 2.15. The number of aromatic carboxylic acids is 2. The van der Waals surface area contributed by atoms with Crippen molar-refractivity contribution < 1.29 is 24.5 Å². The number of para-hydroxylation sites is 1. The topological polar surface area (TPSA) is 83.8 Å². The third-order valence-electron chi connectivity index (χ3n) is 3.38. The zero-order valence-electron chi connectivity index (χ0n) is 13.8. The highest BCUT2D eigenvalue weighted by Gasteiger charge is 2.13. The Hall–Kier alpha value is -3.26. The van der Waals surface area contributed by atoms with Gasteiger partial charge in [-0.2, -0.15) is 0 Å². The Balaban J connectivity index is 2.32. The molecule has 5 nitrogen and oxygen atoms in total. The van der Waals surface area contributed by atoms with Crippen LogP contribution < -0.4 is 4.74 Å². The van der Waals surface area contributed by atoms with E-state index in [4.69, 9.17) is 14.9 Å². The van der Waals surface area contributed by atoms with Crippen LogP contribution in [0, 0.1) is 11.8 Å². The molecule has 2 rings (SSSR count). The molecule has 0 aromatic heterocycles. The minimum Gasteiger partial charge on any atom is -0.478 e. The Morgan fingerprint density at radius 2 is 1.64 bits per heavy atom. The van der Waals surface area contributed by atoms with Crippen molar-refractivity contribution in [2.45, 2.75) is 26.2 Å². The molecule has 0 aliphatic rings. The summed E-state index contributed by atoms with van der Waals surface area (Å²) in [6.45, 7) is 2.06. The molecule has 2 aromatic rings. The van der Waals surface area contributed by atoms with Gasteiger partial charge in [0.25, 0.3) is 0 Å². The van der Waals surface area contributed by atoms with Crippen LogP contribution >= 0.6 is 0 Å². The van der Waals surface area contributed by atoms with Gasteiger partial charge in [-0.3, -0.25) is 0 Å². The molecule has 25 heavy (non-hydrogen) atoms. The molecule has 2 aromatic carbocycles. The molecule has 0 bridgehead atoms. The van der Waals surface area contributed by atoms with E-state index < -0.39 is 11.9 Å². The van der Waals surface area contributed by atoms with E-state index in [-0.39, 0.29) is 16.9 Å². The number of carboxylic acids is 2. The van der Waals surface area contributed by atoms with Crippen molar-refractivity contribution in [2.24, 2.45) is 0 Å². The molecule has 0 spiro atoms. The van der Waals surface area contributed by atoms with Crippen LogP contribution in [-0.4, -0.2) is 22.2 Å². The van der Waals surface area contributed by atoms with Gasteiger partial charge in [-0.15, -0.1) is 5.92 Å². The minimum atomic E-state index is -1.22. The summed E-state index contributed by atoms with van der Waals surface area (Å²) >= 11 is 0. The van der Waals surface area contributed by atoms with Gasteiger partial charge in [-0.25, -0.2) is 9.59 Å². The Kier molecular flexibility index (Phi) is 6.19. The van der Waals surface area contributed by atoms with Gasteiger partial charge in [0.05, 0.1) is 11.1 Å². The van der Waals surface area contributed by atoms with Crippen LogP contribution in [0.3, 0.4) is 0 Å². The number of hydrogen-bond acceptors (Lipinski definition) is 3. The van der Waals surface area contributed by atoms with Crippen LogP contribution in [-0.2, 0) is 6.42 Å². The first kappa shape index (κ1) is 18.1. The second-order valence-corrected chi connectivity index (χ2v) is 5.35. The van der Waals surface area contributed by atoms with E-state index >= 15 is 0 Å². The summed E-state index contributed by atoms with van der Waals surface area (Å²) in [6, 6.07) is 11.0. The summed E-state index contributed by atoms with van der Waals surface area (Å²) < 4.78 is 5.75. The Morgan fingerprint density at radius 1 is 1.00 bits per heavy atom. The summed E-state index contributed by atoms with van der Waals surface area (Å²) in [6.07, 6.45) is 2.32. The van der Waals surface area contributed by atoms with Crippen molar-refractivity contribution >= 4 is 11.9 Å². The molecule has 0 aliphatic carbocycles. The van der Waals surface area contributed by atoms with Crippen molar-refractivity contribution in [3.63, 3.8) is 0 Å². The summed E-state index contributed by atoms with van der Waals surface area (Å²) in [5, 5.41) is 18.3. The van der Waals surface area contributed by atoms with Crippen molar-refractivity contribution in [3.05, 3.63) is 59.2 Å². The molecule has 0 atom stereocenters. The number of carbonyl (C=O) groups is 2. The van der Waals surface area contributed by atoms with E-state index in [1.54, 1.807) is 12.1 Å². The Bertz CT molecular complexity index is 810. The van der Waals surface area contributed by atoms with Crippen LogP contribution in [0.15, 0.2) is 42.5 Å². The molecular formula is C20H18O5. The van der Waals surface area contributed by atoms with Crippen LogP contribution in [0.4, 0.5) is 0 Å². The lowest BCUT2D eigenvalue weighted by Gasteiger charge is -2.11. The van der Waals surface area contributed by atoms with E-state index in [1.807, 2.05) is 12.1 Å². The molecule has 0 radical (unpaired) electrons. The average Bonchev–Trinajstić information content (AvgIpc) is 2.59. The summed E-state index contributed by atoms with van der Waals surface area (Å²) in [5.41, 5.74) is 0.564. The van der Waals surface area contributed by atoms with E-state index in [1.165, 1.54) is 12.1 Å². The molecule has 0 fully saturated rings. The maximum absolute atomic E-state index is 11.2. The fourth-order valence-corrected chi connectivity index (χ4v) is 2.15. The lowest BCUT2D eigenvalue weighted by Crippen LogP contribution is -2.03. The maximum Gasteiger partial charge on any atom is 0.335 e. The largest absolute Gasteiger partial charge is 0.478 e. The van der Waals surface area contributed by atoms with Gasteiger partial charge in [0, 0.05) is 18.4 Å². The highest BCUT2D eigenvalue weighted by Crippen LogP contribution is 2.27. The van der Waals surface area contributed by atoms with E-state index in [0.29, 0.717) is 12.2 Å². The number of carboxylic acid groups (broad SMARTS) is 2. The average molecular weight is 338 g/mol. The standard InChI is InChI=1S/C20H18O5/c1-2-3-4-5-8-14-9-6-7-10-18(14)25-17-12-15(19(21)22)11-16(13-17)20(23)24/h6-7,9-13H,2-3,8H2,1H3,(H,21,22)(H,23,24). The second-order valence-electron chi connectivity index (χ2n) is 5.35.